The lowest BCUT2D eigenvalue weighted by molar-refractivity contribution is -0.155. The minimum Gasteiger partial charge on any atom is -0.480 e. The van der Waals surface area contributed by atoms with Crippen LogP contribution in [-0.2, 0) is 31.1 Å². The summed E-state index contributed by atoms with van der Waals surface area (Å²) in [6, 6.07) is 12.2. The van der Waals surface area contributed by atoms with Gasteiger partial charge in [-0.05, 0) is 24.1 Å². The molecule has 204 valence electrons. The maximum atomic E-state index is 13.8. The van der Waals surface area contributed by atoms with Crippen LogP contribution < -0.4 is 0 Å². The van der Waals surface area contributed by atoms with Crippen molar-refractivity contribution >= 4 is 27.3 Å². The quantitative estimate of drug-likeness (QED) is 0.437. The van der Waals surface area contributed by atoms with E-state index in [2.05, 4.69) is 14.6 Å². The average molecular weight is 572 g/mol. The Bertz CT molecular complexity index is 1440. The van der Waals surface area contributed by atoms with Gasteiger partial charge in [0.1, 0.15) is 15.4 Å². The molecule has 2 atom stereocenters. The maximum absolute atomic E-state index is 13.8. The van der Waals surface area contributed by atoms with E-state index in [1.54, 1.807) is 30.3 Å². The highest BCUT2D eigenvalue weighted by Gasteiger charge is 2.77. The largest absolute Gasteiger partial charge is 0.480 e. The van der Waals surface area contributed by atoms with E-state index in [0.29, 0.717) is 55.8 Å². The summed E-state index contributed by atoms with van der Waals surface area (Å²) in [5, 5.41) is 13.9. The fraction of sp³-hybridized carbons (Fsp3) is 0.417. The lowest BCUT2D eigenvalue weighted by Crippen LogP contribution is -2.53. The van der Waals surface area contributed by atoms with Crippen LogP contribution in [-0.4, -0.2) is 79.3 Å². The summed E-state index contributed by atoms with van der Waals surface area (Å²) >= 11 is 0.693. The van der Waals surface area contributed by atoms with Crippen LogP contribution in [0.4, 0.5) is 13.2 Å². The van der Waals surface area contributed by atoms with Crippen molar-refractivity contribution in [3.63, 3.8) is 0 Å². The number of aliphatic carboxylic acids is 1. The van der Waals surface area contributed by atoms with Gasteiger partial charge < -0.3 is 14.4 Å². The molecule has 0 spiro atoms. The normalized spacial score (nSPS) is 24.6. The molecule has 3 aromatic rings. The van der Waals surface area contributed by atoms with Crippen molar-refractivity contribution in [1.29, 1.82) is 0 Å². The number of likely N-dealkylation sites (N-methyl/N-ethyl adjacent to an activating group) is 1. The topological polar surface area (TPSA) is 113 Å². The highest BCUT2D eigenvalue weighted by Crippen LogP contribution is 2.62. The molecule has 5 rings (SSSR count). The summed E-state index contributed by atoms with van der Waals surface area (Å²) in [6.45, 7) is 2.49. The Morgan fingerprint density at radius 3 is 2.47 bits per heavy atom. The van der Waals surface area contributed by atoms with Gasteiger partial charge in [-0.3, -0.25) is 9.69 Å². The molecule has 38 heavy (non-hydrogen) atoms. The summed E-state index contributed by atoms with van der Waals surface area (Å²) in [5.41, 5.74) is -2.25. The van der Waals surface area contributed by atoms with E-state index in [1.807, 2.05) is 0 Å². The number of halogens is 3. The number of nitrogens with zero attached hydrogens (tertiary/aromatic N) is 3. The maximum Gasteiger partial charge on any atom is 0.452 e. The molecule has 1 saturated heterocycles. The number of morpholine rings is 1. The smallest absolute Gasteiger partial charge is 0.452 e. The molecule has 9 nitrogen and oxygen atoms in total. The molecule has 1 aliphatic carbocycles. The van der Waals surface area contributed by atoms with Gasteiger partial charge in [0, 0.05) is 38.2 Å². The third kappa shape index (κ3) is 4.33. The third-order valence-electron chi connectivity index (χ3n) is 7.28. The molecule has 3 heterocycles. The second kappa shape index (κ2) is 9.45. The van der Waals surface area contributed by atoms with E-state index >= 15 is 0 Å². The molecule has 0 amide bonds. The predicted octanol–water partition coefficient (Wildman–Crippen LogP) is 3.54. The van der Waals surface area contributed by atoms with Crippen molar-refractivity contribution in [3.8, 4) is 10.6 Å². The predicted molar refractivity (Wildman–Crippen MR) is 130 cm³/mol. The Morgan fingerprint density at radius 2 is 1.87 bits per heavy atom. The second-order valence-electron chi connectivity index (χ2n) is 9.34. The van der Waals surface area contributed by atoms with Gasteiger partial charge in [0.05, 0.1) is 18.1 Å². The standard InChI is InChI=1S/C24H24F3N3O6S2/c1-29(38(33,34)20-8-7-18(37-20)17-13-19(36-28-17)24(25,26)27)23(21(31)32)14-22(23,16-5-3-2-4-6-16)15-30-9-11-35-12-10-30/h2-8,13H,9-12,14-15H2,1H3,(H,31,32)/t22-,23?/m1/s1. The molecule has 1 N–H and O–H groups in total. The van der Waals surface area contributed by atoms with Gasteiger partial charge in [-0.15, -0.1) is 11.3 Å². The van der Waals surface area contributed by atoms with Gasteiger partial charge in [0.15, 0.2) is 0 Å². The number of hydrogen-bond acceptors (Lipinski definition) is 8. The van der Waals surface area contributed by atoms with Gasteiger partial charge in [-0.1, -0.05) is 35.5 Å². The van der Waals surface area contributed by atoms with Crippen LogP contribution in [0.15, 0.2) is 57.3 Å². The molecule has 14 heteroatoms. The van der Waals surface area contributed by atoms with E-state index in [1.165, 1.54) is 19.2 Å². The lowest BCUT2D eigenvalue weighted by Gasteiger charge is -2.35. The van der Waals surface area contributed by atoms with Crippen LogP contribution in [0.2, 0.25) is 0 Å². The highest BCUT2D eigenvalue weighted by molar-refractivity contribution is 7.91. The van der Waals surface area contributed by atoms with Crippen LogP contribution in [0.5, 0.6) is 0 Å². The zero-order valence-corrected chi connectivity index (χ0v) is 21.8. The number of benzene rings is 1. The highest BCUT2D eigenvalue weighted by atomic mass is 32.2. The van der Waals surface area contributed by atoms with Crippen LogP contribution in [0.3, 0.4) is 0 Å². The van der Waals surface area contributed by atoms with Gasteiger partial charge in [-0.2, -0.15) is 17.5 Å². The number of sulfonamides is 1. The fourth-order valence-corrected chi connectivity index (χ4v) is 8.15. The number of carboxylic acid groups (broad SMARTS) is 1. The van der Waals surface area contributed by atoms with Crippen molar-refractivity contribution in [2.45, 2.75) is 27.8 Å². The number of alkyl halides is 3. The van der Waals surface area contributed by atoms with Crippen LogP contribution in [0, 0.1) is 0 Å². The van der Waals surface area contributed by atoms with Crippen molar-refractivity contribution in [1.82, 2.24) is 14.4 Å². The summed E-state index contributed by atoms with van der Waals surface area (Å²) in [7, 11) is -3.12. The zero-order chi connectivity index (χ0) is 27.3. The molecule has 2 aromatic heterocycles. The molecule has 1 saturated carbocycles. The second-order valence-corrected chi connectivity index (χ2v) is 12.6. The fourth-order valence-electron chi connectivity index (χ4n) is 5.20. The van der Waals surface area contributed by atoms with Crippen LogP contribution in [0.25, 0.3) is 10.6 Å². The minimum atomic E-state index is -4.74. The first-order valence-electron chi connectivity index (χ1n) is 11.6. The van der Waals surface area contributed by atoms with Gasteiger partial charge in [0.2, 0.25) is 5.76 Å². The molecule has 1 aromatic carbocycles. The lowest BCUT2D eigenvalue weighted by atomic mass is 9.89. The number of carbonyl (C=O) groups is 1. The molecule has 1 unspecified atom stereocenters. The molecule has 0 bridgehead atoms. The monoisotopic (exact) mass is 571 g/mol. The average Bonchev–Trinajstić information content (AvgIpc) is 3.24. The number of carboxylic acids is 1. The summed E-state index contributed by atoms with van der Waals surface area (Å²) in [4.78, 5) is 15.1. The SMILES string of the molecule is CN(C1(C(=O)O)C[C@@]1(CN1CCOCC1)c1ccccc1)S(=O)(=O)c1ccc(-c2cc(C(F)(F)F)on2)s1. The Kier molecular flexibility index (Phi) is 6.67. The first kappa shape index (κ1) is 26.8. The van der Waals surface area contributed by atoms with E-state index in [0.717, 1.165) is 4.31 Å². The molecule has 0 radical (unpaired) electrons. The summed E-state index contributed by atoms with van der Waals surface area (Å²) in [6.07, 6.45) is -4.68. The Hall–Kier alpha value is -2.78. The molecule has 1 aliphatic heterocycles. The van der Waals surface area contributed by atoms with Crippen LogP contribution in [0.1, 0.15) is 17.7 Å². The third-order valence-corrected chi connectivity index (χ3v) is 10.7. The first-order valence-corrected chi connectivity index (χ1v) is 13.9. The van der Waals surface area contributed by atoms with Crippen molar-refractivity contribution in [3.05, 3.63) is 59.9 Å². The molecular weight excluding hydrogens is 547 g/mol. The van der Waals surface area contributed by atoms with Gasteiger partial charge >= 0.3 is 12.1 Å². The Labute approximate surface area is 220 Å². The van der Waals surface area contributed by atoms with Crippen molar-refractivity contribution < 1.29 is 40.8 Å². The molecule has 2 fully saturated rings. The van der Waals surface area contributed by atoms with Crippen molar-refractivity contribution in [2.24, 2.45) is 0 Å². The van der Waals surface area contributed by atoms with Crippen LogP contribution >= 0.6 is 11.3 Å². The zero-order valence-electron chi connectivity index (χ0n) is 20.1. The van der Waals surface area contributed by atoms with E-state index in [9.17, 15) is 31.5 Å². The van der Waals surface area contributed by atoms with Crippen molar-refractivity contribution in [2.75, 3.05) is 39.9 Å². The molecular formula is C24H24F3N3O6S2. The molecule has 2 aliphatic rings. The Balaban J connectivity index is 1.50. The number of hydrogen-bond donors (Lipinski definition) is 1. The Morgan fingerprint density at radius 1 is 1.18 bits per heavy atom. The van der Waals surface area contributed by atoms with E-state index < -0.39 is 38.9 Å². The number of thiophene rings is 1. The summed E-state index contributed by atoms with van der Waals surface area (Å²) < 4.78 is 76.7. The van der Waals surface area contributed by atoms with Gasteiger partial charge in [0.25, 0.3) is 10.0 Å². The number of ether oxygens (including phenoxy) is 1. The minimum absolute atomic E-state index is 0.0584. The van der Waals surface area contributed by atoms with Gasteiger partial charge in [-0.25, -0.2) is 8.42 Å². The van der Waals surface area contributed by atoms with E-state index in [4.69, 9.17) is 4.74 Å². The number of aromatic nitrogens is 1. The first-order chi connectivity index (χ1) is 17.9. The summed E-state index contributed by atoms with van der Waals surface area (Å²) in [5.74, 6) is -2.58. The van der Waals surface area contributed by atoms with E-state index in [-0.39, 0.29) is 21.2 Å². The number of rotatable bonds is 8.